The fourth-order valence-corrected chi connectivity index (χ4v) is 2.88. The molecule has 134 valence electrons. The van der Waals surface area contributed by atoms with Gasteiger partial charge in [0.15, 0.2) is 0 Å². The minimum Gasteiger partial charge on any atom is -0.264 e. The van der Waals surface area contributed by atoms with Gasteiger partial charge in [0.25, 0.3) is 0 Å². The van der Waals surface area contributed by atoms with Crippen LogP contribution in [-0.4, -0.2) is 19.6 Å². The quantitative estimate of drug-likeness (QED) is 0.322. The van der Waals surface area contributed by atoms with Gasteiger partial charge in [0.05, 0.1) is 6.61 Å². The molecule has 0 aliphatic heterocycles. The van der Waals surface area contributed by atoms with Crippen LogP contribution in [0.4, 0.5) is 0 Å². The highest BCUT2D eigenvalue weighted by Crippen LogP contribution is 2.17. The maximum absolute atomic E-state index is 10.4. The normalized spacial score (nSPS) is 14.9. The summed E-state index contributed by atoms with van der Waals surface area (Å²) < 4.78 is 33.6. The van der Waals surface area contributed by atoms with Gasteiger partial charge in [-0.3, -0.25) is 4.55 Å². The van der Waals surface area contributed by atoms with Crippen LogP contribution in [0.5, 0.6) is 0 Å². The Bertz CT molecular complexity index is 341. The molecule has 0 aromatic heterocycles. The summed E-state index contributed by atoms with van der Waals surface area (Å²) in [7, 11) is -4.27. The van der Waals surface area contributed by atoms with E-state index >= 15 is 0 Å². The van der Waals surface area contributed by atoms with Gasteiger partial charge in [0.1, 0.15) is 0 Å². The topological polar surface area (TPSA) is 63.6 Å². The first-order valence-electron chi connectivity index (χ1n) is 8.97. The maximum Gasteiger partial charge on any atom is 0.397 e. The van der Waals surface area contributed by atoms with Crippen LogP contribution in [0.3, 0.4) is 0 Å². The van der Waals surface area contributed by atoms with E-state index in [4.69, 9.17) is 4.55 Å². The average Bonchev–Trinajstić information content (AvgIpc) is 2.43. The summed E-state index contributed by atoms with van der Waals surface area (Å²) in [6.45, 7) is 6.78. The summed E-state index contributed by atoms with van der Waals surface area (Å²) in [6, 6.07) is 0. The first-order chi connectivity index (χ1) is 10.3. The van der Waals surface area contributed by atoms with Gasteiger partial charge < -0.3 is 0 Å². The van der Waals surface area contributed by atoms with Crippen molar-refractivity contribution in [1.82, 2.24) is 0 Å². The molecule has 0 saturated carbocycles. The SMILES string of the molecule is CCC(C)CCCCCCCCCC(C)CCOS(=O)(=O)O. The lowest BCUT2D eigenvalue weighted by Gasteiger charge is -2.10. The molecule has 22 heavy (non-hydrogen) atoms. The summed E-state index contributed by atoms with van der Waals surface area (Å²) in [4.78, 5) is 0. The third kappa shape index (κ3) is 16.2. The largest absolute Gasteiger partial charge is 0.397 e. The van der Waals surface area contributed by atoms with E-state index < -0.39 is 10.4 Å². The second kappa shape index (κ2) is 13.3. The Balaban J connectivity index is 3.28. The van der Waals surface area contributed by atoms with Crippen molar-refractivity contribution in [2.45, 2.75) is 91.4 Å². The fraction of sp³-hybridized carbons (Fsp3) is 1.00. The van der Waals surface area contributed by atoms with Crippen molar-refractivity contribution in [2.75, 3.05) is 6.61 Å². The van der Waals surface area contributed by atoms with E-state index in [0.29, 0.717) is 12.3 Å². The minimum atomic E-state index is -4.27. The van der Waals surface area contributed by atoms with E-state index in [-0.39, 0.29) is 6.61 Å². The summed E-state index contributed by atoms with van der Waals surface area (Å²) in [5.74, 6) is 1.32. The van der Waals surface area contributed by atoms with Crippen LogP contribution in [-0.2, 0) is 14.6 Å². The molecule has 0 saturated heterocycles. The molecule has 0 bridgehead atoms. The van der Waals surface area contributed by atoms with Crippen LogP contribution in [0, 0.1) is 11.8 Å². The Hall–Kier alpha value is -0.130. The molecule has 0 aromatic carbocycles. The van der Waals surface area contributed by atoms with Crippen LogP contribution in [0.2, 0.25) is 0 Å². The first-order valence-corrected chi connectivity index (χ1v) is 10.3. The lowest BCUT2D eigenvalue weighted by atomic mass is 9.98. The van der Waals surface area contributed by atoms with Crippen LogP contribution in [0.1, 0.15) is 91.4 Å². The maximum atomic E-state index is 10.4. The van der Waals surface area contributed by atoms with E-state index in [0.717, 1.165) is 12.3 Å². The Kier molecular flexibility index (Phi) is 13.2. The molecule has 1 N–H and O–H groups in total. The highest BCUT2D eigenvalue weighted by atomic mass is 32.3. The van der Waals surface area contributed by atoms with Gasteiger partial charge in [-0.1, -0.05) is 85.0 Å². The molecule has 0 rings (SSSR count). The van der Waals surface area contributed by atoms with E-state index in [1.165, 1.54) is 57.8 Å². The predicted octanol–water partition coefficient (Wildman–Crippen LogP) is 5.39. The molecule has 0 amide bonds. The van der Waals surface area contributed by atoms with Crippen LogP contribution in [0.15, 0.2) is 0 Å². The van der Waals surface area contributed by atoms with E-state index in [2.05, 4.69) is 25.0 Å². The second-order valence-corrected chi connectivity index (χ2v) is 7.80. The first kappa shape index (κ1) is 21.9. The molecule has 0 aromatic rings. The van der Waals surface area contributed by atoms with E-state index in [1.54, 1.807) is 0 Å². The molecule has 0 radical (unpaired) electrons. The summed E-state index contributed by atoms with van der Waals surface area (Å²) >= 11 is 0. The zero-order valence-electron chi connectivity index (χ0n) is 14.7. The Morgan fingerprint density at radius 1 is 0.818 bits per heavy atom. The molecule has 0 spiro atoms. The molecule has 0 aliphatic carbocycles. The van der Waals surface area contributed by atoms with Crippen molar-refractivity contribution in [3.05, 3.63) is 0 Å². The van der Waals surface area contributed by atoms with Crippen LogP contribution in [0.25, 0.3) is 0 Å². The van der Waals surface area contributed by atoms with Crippen molar-refractivity contribution in [1.29, 1.82) is 0 Å². The lowest BCUT2D eigenvalue weighted by Crippen LogP contribution is -2.08. The van der Waals surface area contributed by atoms with Gasteiger partial charge in [0.2, 0.25) is 0 Å². The number of unbranched alkanes of at least 4 members (excludes halogenated alkanes) is 6. The lowest BCUT2D eigenvalue weighted by molar-refractivity contribution is 0.245. The number of rotatable bonds is 15. The van der Waals surface area contributed by atoms with Gasteiger partial charge in [0, 0.05) is 0 Å². The molecular formula is C17H36O4S. The van der Waals surface area contributed by atoms with Crippen molar-refractivity contribution in [3.8, 4) is 0 Å². The zero-order chi connectivity index (χ0) is 16.8. The van der Waals surface area contributed by atoms with Crippen LogP contribution >= 0.6 is 0 Å². The average molecular weight is 337 g/mol. The zero-order valence-corrected chi connectivity index (χ0v) is 15.5. The van der Waals surface area contributed by atoms with E-state index in [1.807, 2.05) is 0 Å². The Morgan fingerprint density at radius 3 is 1.73 bits per heavy atom. The number of hydrogen-bond acceptors (Lipinski definition) is 3. The highest BCUT2D eigenvalue weighted by Gasteiger charge is 2.07. The van der Waals surface area contributed by atoms with Gasteiger partial charge in [-0.25, -0.2) is 4.18 Å². The summed E-state index contributed by atoms with van der Waals surface area (Å²) in [5, 5.41) is 0. The Labute approximate surface area is 138 Å². The highest BCUT2D eigenvalue weighted by molar-refractivity contribution is 7.80. The minimum absolute atomic E-state index is 0.0795. The molecule has 4 nitrogen and oxygen atoms in total. The molecule has 2 unspecified atom stereocenters. The third-order valence-corrected chi connectivity index (χ3v) is 4.90. The number of hydrogen-bond donors (Lipinski definition) is 1. The molecule has 0 aliphatic rings. The summed E-state index contributed by atoms with van der Waals surface area (Å²) in [5.41, 5.74) is 0. The predicted molar refractivity (Wildman–Crippen MR) is 92.3 cm³/mol. The fourth-order valence-electron chi connectivity index (χ4n) is 2.57. The van der Waals surface area contributed by atoms with Crippen molar-refractivity contribution in [3.63, 3.8) is 0 Å². The monoisotopic (exact) mass is 336 g/mol. The van der Waals surface area contributed by atoms with Gasteiger partial charge in [-0.15, -0.1) is 0 Å². The molecule has 0 heterocycles. The van der Waals surface area contributed by atoms with E-state index in [9.17, 15) is 8.42 Å². The Morgan fingerprint density at radius 2 is 1.27 bits per heavy atom. The molecule has 0 fully saturated rings. The third-order valence-electron chi connectivity index (χ3n) is 4.43. The molecular weight excluding hydrogens is 300 g/mol. The van der Waals surface area contributed by atoms with Crippen molar-refractivity contribution >= 4 is 10.4 Å². The summed E-state index contributed by atoms with van der Waals surface area (Å²) in [6.07, 6.45) is 13.6. The van der Waals surface area contributed by atoms with Crippen LogP contribution < -0.4 is 0 Å². The van der Waals surface area contributed by atoms with Crippen molar-refractivity contribution < 1.29 is 17.2 Å². The van der Waals surface area contributed by atoms with Gasteiger partial charge >= 0.3 is 10.4 Å². The second-order valence-electron chi connectivity index (χ2n) is 6.71. The van der Waals surface area contributed by atoms with Gasteiger partial charge in [-0.05, 0) is 18.3 Å². The smallest absolute Gasteiger partial charge is 0.264 e. The molecule has 2 atom stereocenters. The molecule has 5 heteroatoms. The standard InChI is InChI=1S/C17H36O4S/c1-4-16(2)12-10-8-6-5-7-9-11-13-17(3)14-15-21-22(18,19)20/h16-17H,4-15H2,1-3H3,(H,18,19,20). The van der Waals surface area contributed by atoms with Gasteiger partial charge in [-0.2, -0.15) is 8.42 Å². The van der Waals surface area contributed by atoms with Crippen molar-refractivity contribution in [2.24, 2.45) is 11.8 Å².